The molecule has 2 N–H and O–H groups in total. The number of hydrazine groups is 1. The Bertz CT molecular complexity index is 1310. The predicted octanol–water partition coefficient (Wildman–Crippen LogP) is 5.97. The number of nitrogens with one attached hydrogen (secondary N) is 2. The molecule has 39 heavy (non-hydrogen) atoms. The minimum atomic E-state index is -3.45. The van der Waals surface area contributed by atoms with Gasteiger partial charge in [0.2, 0.25) is 0 Å². The van der Waals surface area contributed by atoms with Gasteiger partial charge in [-0.3, -0.25) is 0 Å². The van der Waals surface area contributed by atoms with Gasteiger partial charge in [0.25, 0.3) is 0 Å². The van der Waals surface area contributed by atoms with Crippen molar-refractivity contribution >= 4 is 45.1 Å². The van der Waals surface area contributed by atoms with Gasteiger partial charge in [0, 0.05) is 0 Å². The molecule has 0 saturated carbocycles. The summed E-state index contributed by atoms with van der Waals surface area (Å²) in [5.41, 5.74) is 5.92. The Hall–Kier alpha value is -3.66. The third-order valence-corrected chi connectivity index (χ3v) is 13.7. The molecule has 0 heterocycles. The molecule has 4 aromatic rings. The van der Waals surface area contributed by atoms with Crippen molar-refractivity contribution in [2.45, 2.75) is 39.0 Å². The average molecular weight is 561 g/mol. The van der Waals surface area contributed by atoms with Crippen molar-refractivity contribution in [3.63, 3.8) is 0 Å². The number of hydrogen-bond donors (Lipinski definition) is 2. The van der Waals surface area contributed by atoms with Crippen LogP contribution in [0.5, 0.6) is 0 Å². The maximum absolute atomic E-state index is 12.4. The van der Waals surface area contributed by atoms with Gasteiger partial charge in [0.1, 0.15) is 0 Å². The molecule has 0 spiro atoms. The first-order chi connectivity index (χ1) is 18.6. The molecule has 0 atom stereocenters. The molecule has 7 heteroatoms. The molecule has 5 nitrogen and oxygen atoms in total. The van der Waals surface area contributed by atoms with E-state index in [1.165, 1.54) is 0 Å². The molecule has 4 aromatic carbocycles. The number of amides is 2. The number of benzene rings is 4. The van der Waals surface area contributed by atoms with Gasteiger partial charge < -0.3 is 0 Å². The number of ether oxygens (including phenoxy) is 1. The third kappa shape index (κ3) is 6.50. The number of hydrogen-bond acceptors (Lipinski definition) is 3. The van der Waals surface area contributed by atoms with Crippen molar-refractivity contribution in [1.29, 1.82) is 0 Å². The van der Waals surface area contributed by atoms with Crippen LogP contribution in [-0.2, 0) is 22.1 Å². The molecule has 0 fully saturated rings. The Morgan fingerprint density at radius 2 is 1.08 bits per heavy atom. The summed E-state index contributed by atoms with van der Waals surface area (Å²) in [4.78, 5) is 24.2. The van der Waals surface area contributed by atoms with Crippen molar-refractivity contribution in [2.75, 3.05) is 0 Å². The first-order valence-electron chi connectivity index (χ1n) is 12.8. The summed E-state index contributed by atoms with van der Waals surface area (Å²) in [6.07, 6.45) is 0.0106. The number of rotatable bonds is 7. The molecule has 0 unspecified atom stereocenters. The maximum atomic E-state index is 12.4. The van der Waals surface area contributed by atoms with Crippen molar-refractivity contribution in [3.05, 3.63) is 126 Å². The van der Waals surface area contributed by atoms with Crippen LogP contribution in [0.15, 0.2) is 115 Å². The number of halogens is 1. The van der Waals surface area contributed by atoms with Crippen LogP contribution < -0.4 is 26.8 Å². The molecule has 202 valence electrons. The van der Waals surface area contributed by atoms with Crippen molar-refractivity contribution in [3.8, 4) is 0 Å². The predicted molar refractivity (Wildman–Crippen MR) is 162 cm³/mol. The number of carbonyl (C=O) groups excluding carboxylic acids is 2. The normalized spacial score (nSPS) is 12.6. The Morgan fingerprint density at radius 1 is 0.667 bits per heavy atom. The zero-order valence-electron chi connectivity index (χ0n) is 22.4. The Labute approximate surface area is 235 Å². The zero-order chi connectivity index (χ0) is 28.0. The van der Waals surface area contributed by atoms with Gasteiger partial charge in [-0.15, -0.1) is 0 Å². The molecule has 2 amide bonds. The summed E-state index contributed by atoms with van der Waals surface area (Å²) in [7, 11) is 0. The Balaban J connectivity index is 1.63. The molecule has 4 rings (SSSR count). The molecular formula is C32H34ClN2O3P. The summed E-state index contributed by atoms with van der Waals surface area (Å²) < 4.78 is 5.15. The van der Waals surface area contributed by atoms with Gasteiger partial charge >= 0.3 is 215 Å². The summed E-state index contributed by atoms with van der Waals surface area (Å²) >= 11 is 8.16. The van der Waals surface area contributed by atoms with Crippen LogP contribution in [0.3, 0.4) is 0 Å². The zero-order valence-corrected chi connectivity index (χ0v) is 24.1. The van der Waals surface area contributed by atoms with Gasteiger partial charge in [-0.25, -0.2) is 0 Å². The quantitative estimate of drug-likeness (QED) is 0.216. The van der Waals surface area contributed by atoms with Gasteiger partial charge in [-0.2, -0.15) is 0 Å². The molecular weight excluding hydrogens is 527 g/mol. The first kappa shape index (κ1) is 28.4. The van der Waals surface area contributed by atoms with Crippen LogP contribution in [0.2, 0.25) is 0 Å². The summed E-state index contributed by atoms with van der Waals surface area (Å²) in [5, 5.41) is 3.29. The summed E-state index contributed by atoms with van der Waals surface area (Å²) in [6.45, 7) is 5.27. The van der Waals surface area contributed by atoms with Crippen LogP contribution in [-0.4, -0.2) is 17.6 Å². The summed E-state index contributed by atoms with van der Waals surface area (Å²) in [5.74, 6) is -3.79. The fourth-order valence-corrected chi connectivity index (χ4v) is 10.8. The third-order valence-electron chi connectivity index (χ3n) is 6.45. The van der Waals surface area contributed by atoms with Gasteiger partial charge in [-0.1, -0.05) is 0 Å². The first-order valence-corrected chi connectivity index (χ1v) is 16.2. The van der Waals surface area contributed by atoms with Crippen LogP contribution >= 0.6 is 17.2 Å². The molecule has 0 aliphatic rings. The van der Waals surface area contributed by atoms with Crippen molar-refractivity contribution < 1.29 is 14.3 Å². The van der Waals surface area contributed by atoms with Crippen LogP contribution in [0, 0.1) is 0 Å². The molecule has 0 saturated heterocycles. The molecule has 0 bridgehead atoms. The average Bonchev–Trinajstić information content (AvgIpc) is 2.94. The van der Waals surface area contributed by atoms with Crippen LogP contribution in [0.1, 0.15) is 31.9 Å². The topological polar surface area (TPSA) is 67.4 Å². The van der Waals surface area contributed by atoms with E-state index in [-0.39, 0.29) is 12.3 Å². The standard InChI is InChI=1S/C32H34ClN2O3P/c1-32(2,3)38-31(37)35-34-30(36)23-25-19-21-26(22-20-25)24-39(33,27-13-7-4-8-14-27,28-15-9-5-10-16-28)29-17-11-6-12-18-29/h4-22H,23-24H2,1-3H3,(H,34,36)(H,35,37). The second kappa shape index (κ2) is 11.6. The minimum absolute atomic E-state index is 0.108. The Morgan fingerprint density at radius 3 is 1.49 bits per heavy atom. The van der Waals surface area contributed by atoms with Gasteiger partial charge in [-0.05, 0) is 20.8 Å². The van der Waals surface area contributed by atoms with E-state index < -0.39 is 17.7 Å². The van der Waals surface area contributed by atoms with Crippen molar-refractivity contribution in [1.82, 2.24) is 10.9 Å². The van der Waals surface area contributed by atoms with E-state index in [0.717, 1.165) is 27.0 Å². The number of carbonyl (C=O) groups is 2. The fourth-order valence-electron chi connectivity index (χ4n) is 4.70. The van der Waals surface area contributed by atoms with Crippen LogP contribution in [0.25, 0.3) is 0 Å². The van der Waals surface area contributed by atoms with Crippen molar-refractivity contribution in [2.24, 2.45) is 0 Å². The van der Waals surface area contributed by atoms with Gasteiger partial charge in [0.15, 0.2) is 0 Å². The van der Waals surface area contributed by atoms with E-state index in [1.807, 2.05) is 78.9 Å². The molecule has 0 aliphatic heterocycles. The van der Waals surface area contributed by atoms with E-state index in [0.29, 0.717) is 6.16 Å². The molecule has 0 radical (unpaired) electrons. The van der Waals surface area contributed by atoms with E-state index >= 15 is 0 Å². The summed E-state index contributed by atoms with van der Waals surface area (Å²) in [6, 6.07) is 38.9. The SMILES string of the molecule is CC(C)(C)OC(=O)NNC(=O)Cc1ccc(CP(Cl)(c2ccccc2)(c2ccccc2)c2ccccc2)cc1. The van der Waals surface area contributed by atoms with Gasteiger partial charge in [0.05, 0.1) is 0 Å². The van der Waals surface area contributed by atoms with E-state index in [1.54, 1.807) is 20.8 Å². The fraction of sp³-hybridized carbons (Fsp3) is 0.188. The second-order valence-electron chi connectivity index (χ2n) is 10.5. The Kier molecular flexibility index (Phi) is 8.44. The molecule has 0 aliphatic carbocycles. The van der Waals surface area contributed by atoms with E-state index in [4.69, 9.17) is 16.0 Å². The second-order valence-corrected chi connectivity index (χ2v) is 17.0. The molecule has 0 aromatic heterocycles. The monoisotopic (exact) mass is 560 g/mol. The van der Waals surface area contributed by atoms with E-state index in [2.05, 4.69) is 47.2 Å². The van der Waals surface area contributed by atoms with E-state index in [9.17, 15) is 9.59 Å². The van der Waals surface area contributed by atoms with Crippen LogP contribution in [0.4, 0.5) is 4.79 Å².